The minimum absolute atomic E-state index is 0.0802. The average molecular weight is 456 g/mol. The summed E-state index contributed by atoms with van der Waals surface area (Å²) >= 11 is 0. The van der Waals surface area contributed by atoms with Crippen LogP contribution in [0.15, 0.2) is 18.2 Å². The van der Waals surface area contributed by atoms with Gasteiger partial charge in [-0.2, -0.15) is 0 Å². The van der Waals surface area contributed by atoms with E-state index in [9.17, 15) is 28.4 Å². The molecule has 2 amide bonds. The minimum atomic E-state index is -1.70. The van der Waals surface area contributed by atoms with E-state index in [1.54, 1.807) is 11.8 Å². The molecule has 0 bridgehead atoms. The second kappa shape index (κ2) is 11.5. The Hall–Kier alpha value is -2.28. The number of aliphatic carboxylic acids is 1. The van der Waals surface area contributed by atoms with Gasteiger partial charge in [0, 0.05) is 38.1 Å². The monoisotopic (exact) mass is 456 g/mol. The Balaban J connectivity index is 1.91. The molecule has 1 fully saturated rings. The fourth-order valence-electron chi connectivity index (χ4n) is 4.05. The Morgan fingerprint density at radius 3 is 2.44 bits per heavy atom. The van der Waals surface area contributed by atoms with Gasteiger partial charge in [0.2, 0.25) is 0 Å². The summed E-state index contributed by atoms with van der Waals surface area (Å²) in [7, 11) is -1.70. The highest BCUT2D eigenvalue weighted by molar-refractivity contribution is 6.43. The zero-order chi connectivity index (χ0) is 23.9. The zero-order valence-electron chi connectivity index (χ0n) is 18.1. The second-order valence-electron chi connectivity index (χ2n) is 8.37. The summed E-state index contributed by atoms with van der Waals surface area (Å²) in [6, 6.07) is 2.94. The maximum absolute atomic E-state index is 13.8. The quantitative estimate of drug-likeness (QED) is 0.264. The van der Waals surface area contributed by atoms with E-state index in [1.165, 1.54) is 17.0 Å². The van der Waals surface area contributed by atoms with Crippen LogP contribution in [-0.4, -0.2) is 81.7 Å². The lowest BCUT2D eigenvalue weighted by Crippen LogP contribution is -2.67. The molecule has 1 heterocycles. The van der Waals surface area contributed by atoms with Gasteiger partial charge in [-0.15, -0.1) is 0 Å². The molecule has 6 N–H and O–H groups in total. The summed E-state index contributed by atoms with van der Waals surface area (Å²) in [6.45, 7) is 2.82. The van der Waals surface area contributed by atoms with Crippen molar-refractivity contribution < 1.29 is 33.5 Å². The van der Waals surface area contributed by atoms with Crippen LogP contribution >= 0.6 is 0 Å². The van der Waals surface area contributed by atoms with Crippen molar-refractivity contribution in [1.82, 2.24) is 9.80 Å². The van der Waals surface area contributed by atoms with Crippen LogP contribution in [0.25, 0.3) is 0 Å². The van der Waals surface area contributed by atoms with E-state index in [0.717, 1.165) is 6.07 Å². The molecule has 12 heteroatoms. The zero-order valence-corrected chi connectivity index (χ0v) is 18.1. The van der Waals surface area contributed by atoms with Gasteiger partial charge < -0.3 is 31.1 Å². The molecule has 0 radical (unpaired) electrons. The van der Waals surface area contributed by atoms with Crippen molar-refractivity contribution in [3.63, 3.8) is 0 Å². The van der Waals surface area contributed by atoms with Crippen molar-refractivity contribution in [3.8, 4) is 0 Å². The molecule has 178 valence electrons. The van der Waals surface area contributed by atoms with Crippen LogP contribution in [0.1, 0.15) is 39.0 Å². The molecule has 9 nitrogen and oxygen atoms in total. The molecule has 2 rings (SSSR count). The lowest BCUT2D eigenvalue weighted by molar-refractivity contribution is -0.137. The number of piperazine rings is 1. The fraction of sp³-hybridized carbons (Fsp3) is 0.600. The topological polar surface area (TPSA) is 139 Å². The smallest absolute Gasteiger partial charge is 0.471 e. The standard InChI is InChI=1S/C20H31BF2N4O5/c1-20(24,9-4-2-3-8-16(28)29)18(21(31)32)26-10-12-27(13-11-26)19(30)25-15-7-5-6-14(22)17(15)23/h5-7,18,31-32H,2-4,8-13,24H2,1H3,(H,25,30)(H,28,29). The van der Waals surface area contributed by atoms with Crippen molar-refractivity contribution in [2.45, 2.75) is 50.5 Å². The molecule has 32 heavy (non-hydrogen) atoms. The number of hydrogen-bond donors (Lipinski definition) is 5. The third kappa shape index (κ3) is 7.12. The highest BCUT2D eigenvalue weighted by Crippen LogP contribution is 2.24. The predicted octanol–water partition coefficient (Wildman–Crippen LogP) is 1.25. The number of rotatable bonds is 10. The Bertz CT molecular complexity index is 791. The molecule has 1 aromatic rings. The van der Waals surface area contributed by atoms with Crippen LogP contribution in [0.3, 0.4) is 0 Å². The molecule has 0 saturated carbocycles. The first-order chi connectivity index (χ1) is 15.0. The number of nitrogens with two attached hydrogens (primary N) is 1. The summed E-state index contributed by atoms with van der Waals surface area (Å²) in [6.07, 6.45) is 2.38. The lowest BCUT2D eigenvalue weighted by Gasteiger charge is -2.45. The largest absolute Gasteiger partial charge is 0.481 e. The number of halogens is 2. The van der Waals surface area contributed by atoms with Gasteiger partial charge in [0.15, 0.2) is 11.6 Å². The lowest BCUT2D eigenvalue weighted by atomic mass is 9.65. The van der Waals surface area contributed by atoms with Gasteiger partial charge in [-0.3, -0.25) is 9.69 Å². The van der Waals surface area contributed by atoms with Gasteiger partial charge in [0.1, 0.15) is 0 Å². The highest BCUT2D eigenvalue weighted by Gasteiger charge is 2.43. The first-order valence-electron chi connectivity index (χ1n) is 10.6. The number of benzene rings is 1. The first kappa shape index (κ1) is 26.0. The van der Waals surface area contributed by atoms with Gasteiger partial charge >= 0.3 is 19.1 Å². The number of carboxylic acid groups (broad SMARTS) is 1. The van der Waals surface area contributed by atoms with Crippen molar-refractivity contribution in [2.75, 3.05) is 31.5 Å². The number of carbonyl (C=O) groups excluding carboxylic acids is 1. The average Bonchev–Trinajstić information content (AvgIpc) is 2.71. The van der Waals surface area contributed by atoms with Crippen molar-refractivity contribution >= 4 is 24.8 Å². The van der Waals surface area contributed by atoms with E-state index in [1.807, 2.05) is 0 Å². The Kier molecular flexibility index (Phi) is 9.38. The number of amides is 2. The normalized spacial score (nSPS) is 17.5. The predicted molar refractivity (Wildman–Crippen MR) is 116 cm³/mol. The van der Waals surface area contributed by atoms with Gasteiger partial charge in [-0.1, -0.05) is 18.9 Å². The number of carbonyl (C=O) groups is 2. The summed E-state index contributed by atoms with van der Waals surface area (Å²) in [5, 5.41) is 31.0. The molecule has 2 atom stereocenters. The number of unbranched alkanes of at least 4 members (excludes halogenated alkanes) is 2. The number of urea groups is 1. The molecular formula is C20H31BF2N4O5. The highest BCUT2D eigenvalue weighted by atomic mass is 19.2. The second-order valence-corrected chi connectivity index (χ2v) is 8.37. The van der Waals surface area contributed by atoms with E-state index >= 15 is 0 Å². The minimum Gasteiger partial charge on any atom is -0.481 e. The van der Waals surface area contributed by atoms with Crippen LogP contribution in [0.5, 0.6) is 0 Å². The molecule has 0 aromatic heterocycles. The fourth-order valence-corrected chi connectivity index (χ4v) is 4.05. The van der Waals surface area contributed by atoms with Crippen LogP contribution < -0.4 is 11.1 Å². The maximum atomic E-state index is 13.8. The Labute approximate surface area is 186 Å². The number of carboxylic acids is 1. The Morgan fingerprint density at radius 1 is 1.19 bits per heavy atom. The third-order valence-corrected chi connectivity index (χ3v) is 5.75. The maximum Gasteiger partial charge on any atom is 0.471 e. The van der Waals surface area contributed by atoms with Gasteiger partial charge in [0.25, 0.3) is 0 Å². The van der Waals surface area contributed by atoms with E-state index in [0.29, 0.717) is 38.8 Å². The summed E-state index contributed by atoms with van der Waals surface area (Å²) < 4.78 is 27.1. The van der Waals surface area contributed by atoms with E-state index in [4.69, 9.17) is 10.8 Å². The van der Waals surface area contributed by atoms with Crippen LogP contribution in [0, 0.1) is 11.6 Å². The number of hydrogen-bond acceptors (Lipinski definition) is 6. The summed E-state index contributed by atoms with van der Waals surface area (Å²) in [4.78, 5) is 26.3. The molecule has 0 aliphatic carbocycles. The van der Waals surface area contributed by atoms with E-state index in [2.05, 4.69) is 5.32 Å². The van der Waals surface area contributed by atoms with Crippen LogP contribution in [0.2, 0.25) is 0 Å². The SMILES string of the molecule is CC(N)(CCCCCC(=O)O)C(B(O)O)N1CCN(C(=O)Nc2cccc(F)c2F)CC1. The first-order valence-corrected chi connectivity index (χ1v) is 10.6. The van der Waals surface area contributed by atoms with Crippen LogP contribution in [0.4, 0.5) is 19.3 Å². The van der Waals surface area contributed by atoms with Gasteiger partial charge in [0.05, 0.1) is 11.6 Å². The number of anilines is 1. The van der Waals surface area contributed by atoms with Crippen molar-refractivity contribution in [3.05, 3.63) is 29.8 Å². The third-order valence-electron chi connectivity index (χ3n) is 5.75. The molecular weight excluding hydrogens is 425 g/mol. The van der Waals surface area contributed by atoms with Crippen LogP contribution in [-0.2, 0) is 4.79 Å². The summed E-state index contributed by atoms with van der Waals surface area (Å²) in [5.41, 5.74) is 5.21. The molecule has 1 aromatic carbocycles. The van der Waals surface area contributed by atoms with Crippen molar-refractivity contribution in [1.29, 1.82) is 0 Å². The Morgan fingerprint density at radius 2 is 1.84 bits per heavy atom. The molecule has 0 spiro atoms. The molecule has 2 unspecified atom stereocenters. The molecule has 1 aliphatic heterocycles. The summed E-state index contributed by atoms with van der Waals surface area (Å²) in [5.74, 6) is -3.83. The number of nitrogens with zero attached hydrogens (tertiary/aromatic N) is 2. The molecule has 1 aliphatic rings. The van der Waals surface area contributed by atoms with Gasteiger partial charge in [-0.05, 0) is 31.9 Å². The van der Waals surface area contributed by atoms with Crippen molar-refractivity contribution in [2.24, 2.45) is 5.73 Å². The molecule has 1 saturated heterocycles. The van der Waals surface area contributed by atoms with E-state index < -0.39 is 42.2 Å². The number of nitrogens with one attached hydrogen (secondary N) is 1. The van der Waals surface area contributed by atoms with Gasteiger partial charge in [-0.25, -0.2) is 13.6 Å². The van der Waals surface area contributed by atoms with E-state index in [-0.39, 0.29) is 25.2 Å².